The average molecular weight is 388 g/mol. The van der Waals surface area contributed by atoms with Crippen LogP contribution in [0, 0.1) is 0 Å². The van der Waals surface area contributed by atoms with Crippen LogP contribution in [0.2, 0.25) is 0 Å². The van der Waals surface area contributed by atoms with E-state index < -0.39 is 0 Å². The Kier molecular flexibility index (Phi) is 5.47. The number of hydrogen-bond donors (Lipinski definition) is 1. The molecule has 0 radical (unpaired) electrons. The average Bonchev–Trinajstić information content (AvgIpc) is 3.10. The molecular formula is C24H24N2O3. The highest BCUT2D eigenvalue weighted by molar-refractivity contribution is 5.94. The minimum atomic E-state index is -0.143. The van der Waals surface area contributed by atoms with Crippen molar-refractivity contribution in [3.63, 3.8) is 0 Å². The van der Waals surface area contributed by atoms with E-state index in [0.29, 0.717) is 17.9 Å². The quantitative estimate of drug-likeness (QED) is 0.682. The van der Waals surface area contributed by atoms with Gasteiger partial charge in [-0.3, -0.25) is 9.78 Å². The number of fused-ring (bicyclic) bond motifs is 1. The Morgan fingerprint density at radius 3 is 2.83 bits per heavy atom. The number of ether oxygens (including phenoxy) is 2. The zero-order chi connectivity index (χ0) is 20.2. The molecular weight excluding hydrogens is 364 g/mol. The van der Waals surface area contributed by atoms with Gasteiger partial charge in [0.2, 0.25) is 0 Å². The predicted molar refractivity (Wildman–Crippen MR) is 111 cm³/mol. The highest BCUT2D eigenvalue weighted by atomic mass is 16.5. The molecule has 3 atom stereocenters. The number of aromatic nitrogens is 1. The molecule has 0 fully saturated rings. The molecule has 0 bridgehead atoms. The number of hydrogen-bond acceptors (Lipinski definition) is 4. The molecule has 3 aromatic rings. The Balaban J connectivity index is 1.38. The molecule has 1 amide bonds. The minimum Gasteiger partial charge on any atom is -0.489 e. The van der Waals surface area contributed by atoms with Gasteiger partial charge in [0.15, 0.2) is 0 Å². The van der Waals surface area contributed by atoms with Crippen LogP contribution in [0.15, 0.2) is 73.1 Å². The Morgan fingerprint density at radius 2 is 2.03 bits per heavy atom. The van der Waals surface area contributed by atoms with Gasteiger partial charge in [0.1, 0.15) is 24.2 Å². The molecule has 29 heavy (non-hydrogen) atoms. The number of amides is 1. The van der Waals surface area contributed by atoms with Gasteiger partial charge in [-0.2, -0.15) is 0 Å². The van der Waals surface area contributed by atoms with E-state index in [2.05, 4.69) is 23.3 Å². The van der Waals surface area contributed by atoms with Gasteiger partial charge in [0, 0.05) is 35.0 Å². The molecule has 0 saturated carbocycles. The van der Waals surface area contributed by atoms with Crippen LogP contribution in [0.1, 0.15) is 41.3 Å². The molecule has 1 aromatic heterocycles. The summed E-state index contributed by atoms with van der Waals surface area (Å²) in [6.45, 7) is 4.51. The second-order valence-electron chi connectivity index (χ2n) is 7.35. The lowest BCUT2D eigenvalue weighted by Gasteiger charge is -2.24. The lowest BCUT2D eigenvalue weighted by atomic mass is 9.93. The topological polar surface area (TPSA) is 60.5 Å². The van der Waals surface area contributed by atoms with E-state index in [-0.39, 0.29) is 24.0 Å². The summed E-state index contributed by atoms with van der Waals surface area (Å²) >= 11 is 0. The van der Waals surface area contributed by atoms with Gasteiger partial charge in [-0.25, -0.2) is 0 Å². The Bertz CT molecular complexity index is 990. The van der Waals surface area contributed by atoms with E-state index in [1.165, 1.54) is 5.56 Å². The first kappa shape index (κ1) is 19.0. The Morgan fingerprint density at radius 1 is 1.17 bits per heavy atom. The van der Waals surface area contributed by atoms with E-state index >= 15 is 0 Å². The number of benzene rings is 2. The lowest BCUT2D eigenvalue weighted by Crippen LogP contribution is -2.44. The van der Waals surface area contributed by atoms with Crippen molar-refractivity contribution in [2.75, 3.05) is 0 Å². The number of carbonyl (C=O) groups is 1. The van der Waals surface area contributed by atoms with Crippen molar-refractivity contribution in [2.45, 2.75) is 38.5 Å². The minimum absolute atomic E-state index is 0.0960. The van der Waals surface area contributed by atoms with Crippen molar-refractivity contribution in [1.29, 1.82) is 0 Å². The number of para-hydroxylation sites is 1. The summed E-state index contributed by atoms with van der Waals surface area (Å²) in [7, 11) is 0. The molecule has 1 aliphatic heterocycles. The van der Waals surface area contributed by atoms with Crippen molar-refractivity contribution < 1.29 is 14.3 Å². The molecule has 4 rings (SSSR count). The second kappa shape index (κ2) is 8.35. The number of nitrogens with one attached hydrogen (secondary N) is 1. The maximum absolute atomic E-state index is 12.8. The van der Waals surface area contributed by atoms with Crippen LogP contribution in [0.5, 0.6) is 11.5 Å². The summed E-state index contributed by atoms with van der Waals surface area (Å²) in [5.41, 5.74) is 2.72. The van der Waals surface area contributed by atoms with Gasteiger partial charge in [0.05, 0.1) is 6.04 Å². The normalized spacial score (nSPS) is 18.4. The summed E-state index contributed by atoms with van der Waals surface area (Å²) < 4.78 is 11.9. The zero-order valence-electron chi connectivity index (χ0n) is 16.5. The first-order chi connectivity index (χ1) is 14.1. The predicted octanol–water partition coefficient (Wildman–Crippen LogP) is 4.34. The van der Waals surface area contributed by atoms with Crippen LogP contribution in [0.3, 0.4) is 0 Å². The molecule has 0 spiro atoms. The first-order valence-electron chi connectivity index (χ1n) is 9.80. The SMILES string of the molecule is CC(NC(=O)c1cccc(OCc2cccnc2)c1)C1Oc2ccccc2C1C. The van der Waals surface area contributed by atoms with Crippen molar-refractivity contribution >= 4 is 5.91 Å². The van der Waals surface area contributed by atoms with Gasteiger partial charge in [-0.1, -0.05) is 37.3 Å². The molecule has 0 aliphatic carbocycles. The molecule has 5 nitrogen and oxygen atoms in total. The van der Waals surface area contributed by atoms with Gasteiger partial charge in [-0.05, 0) is 37.3 Å². The smallest absolute Gasteiger partial charge is 0.251 e. The third-order valence-electron chi connectivity index (χ3n) is 5.24. The Labute approximate surface area is 170 Å². The maximum Gasteiger partial charge on any atom is 0.251 e. The third kappa shape index (κ3) is 4.24. The van der Waals surface area contributed by atoms with Crippen LogP contribution in [0.25, 0.3) is 0 Å². The summed E-state index contributed by atoms with van der Waals surface area (Å²) in [5.74, 6) is 1.62. The zero-order valence-corrected chi connectivity index (χ0v) is 16.5. The van der Waals surface area contributed by atoms with Crippen LogP contribution in [-0.4, -0.2) is 23.0 Å². The molecule has 1 aliphatic rings. The number of pyridine rings is 1. The molecule has 2 aromatic carbocycles. The first-order valence-corrected chi connectivity index (χ1v) is 9.80. The maximum atomic E-state index is 12.8. The highest BCUT2D eigenvalue weighted by Gasteiger charge is 2.35. The molecule has 3 unspecified atom stereocenters. The van der Waals surface area contributed by atoms with Gasteiger partial charge < -0.3 is 14.8 Å². The van der Waals surface area contributed by atoms with Crippen LogP contribution in [0.4, 0.5) is 0 Å². The van der Waals surface area contributed by atoms with Crippen LogP contribution in [-0.2, 0) is 6.61 Å². The van der Waals surface area contributed by atoms with E-state index in [0.717, 1.165) is 11.3 Å². The van der Waals surface area contributed by atoms with Gasteiger partial charge in [0.25, 0.3) is 5.91 Å². The van der Waals surface area contributed by atoms with Gasteiger partial charge in [-0.15, -0.1) is 0 Å². The summed E-state index contributed by atoms with van der Waals surface area (Å²) in [6, 6.07) is 18.9. The number of rotatable bonds is 6. The fourth-order valence-electron chi connectivity index (χ4n) is 3.67. The summed E-state index contributed by atoms with van der Waals surface area (Å²) in [5, 5.41) is 3.07. The molecule has 2 heterocycles. The monoisotopic (exact) mass is 388 g/mol. The number of carbonyl (C=O) groups excluding carboxylic acids is 1. The van der Waals surface area contributed by atoms with Gasteiger partial charge >= 0.3 is 0 Å². The summed E-state index contributed by atoms with van der Waals surface area (Å²) in [6.07, 6.45) is 3.39. The highest BCUT2D eigenvalue weighted by Crippen LogP contribution is 2.38. The summed E-state index contributed by atoms with van der Waals surface area (Å²) in [4.78, 5) is 16.9. The Hall–Kier alpha value is -3.34. The van der Waals surface area contributed by atoms with Crippen molar-refractivity contribution in [3.05, 3.63) is 89.7 Å². The largest absolute Gasteiger partial charge is 0.489 e. The van der Waals surface area contributed by atoms with Crippen molar-refractivity contribution in [3.8, 4) is 11.5 Å². The molecule has 5 heteroatoms. The number of nitrogens with zero attached hydrogens (tertiary/aromatic N) is 1. The fourth-order valence-corrected chi connectivity index (χ4v) is 3.67. The van der Waals surface area contributed by atoms with Crippen LogP contribution >= 0.6 is 0 Å². The van der Waals surface area contributed by atoms with E-state index in [1.54, 1.807) is 24.5 Å². The van der Waals surface area contributed by atoms with Crippen LogP contribution < -0.4 is 14.8 Å². The molecule has 1 N–H and O–H groups in total. The van der Waals surface area contributed by atoms with E-state index in [9.17, 15) is 4.79 Å². The lowest BCUT2D eigenvalue weighted by molar-refractivity contribution is 0.0885. The van der Waals surface area contributed by atoms with E-state index in [1.807, 2.05) is 49.4 Å². The standard InChI is InChI=1S/C24H24N2O3/c1-16-21-10-3-4-11-22(21)29-23(16)17(2)26-24(27)19-8-5-9-20(13-19)28-15-18-7-6-12-25-14-18/h3-14,16-17,23H,15H2,1-2H3,(H,26,27). The van der Waals surface area contributed by atoms with E-state index in [4.69, 9.17) is 9.47 Å². The third-order valence-corrected chi connectivity index (χ3v) is 5.24. The molecule has 148 valence electrons. The molecule has 0 saturated heterocycles. The fraction of sp³-hybridized carbons (Fsp3) is 0.250. The van der Waals surface area contributed by atoms with Crippen molar-refractivity contribution in [1.82, 2.24) is 10.3 Å². The second-order valence-corrected chi connectivity index (χ2v) is 7.35. The van der Waals surface area contributed by atoms with Crippen molar-refractivity contribution in [2.24, 2.45) is 0 Å².